The lowest BCUT2D eigenvalue weighted by Crippen LogP contribution is -2.45. The molecule has 2 aliphatic heterocycles. The molecule has 0 spiro atoms. The highest BCUT2D eigenvalue weighted by Gasteiger charge is 2.37. The van der Waals surface area contributed by atoms with Crippen LogP contribution >= 0.6 is 0 Å². The molecule has 0 aliphatic carbocycles. The number of allylic oxidation sites excluding steroid dienone is 5. The number of carbonyl (C=O) groups is 1. The largest absolute Gasteiger partial charge is 0.493 e. The second-order valence-corrected chi connectivity index (χ2v) is 16.4. The maximum Gasteiger partial charge on any atom is 0.250 e. The molecule has 0 bridgehead atoms. The quantitative estimate of drug-likeness (QED) is 0.169. The summed E-state index contributed by atoms with van der Waals surface area (Å²) in [6.07, 6.45) is 6.35. The van der Waals surface area contributed by atoms with Crippen molar-refractivity contribution in [2.24, 2.45) is 17.3 Å². The number of carbonyl (C=O) groups excluding carboxylic acids is 1. The van der Waals surface area contributed by atoms with Crippen LogP contribution in [0.15, 0.2) is 77.9 Å². The minimum Gasteiger partial charge on any atom is -0.493 e. The van der Waals surface area contributed by atoms with Crippen LogP contribution in [0.1, 0.15) is 158 Å². The first-order valence-electron chi connectivity index (χ1n) is 21.7. The zero-order valence-electron chi connectivity index (χ0n) is 39.0. The molecule has 1 saturated heterocycles. The molecule has 0 aromatic heterocycles. The van der Waals surface area contributed by atoms with E-state index in [4.69, 9.17) is 9.47 Å². The van der Waals surface area contributed by atoms with Gasteiger partial charge in [-0.05, 0) is 115 Å². The summed E-state index contributed by atoms with van der Waals surface area (Å²) >= 11 is 0. The minimum absolute atomic E-state index is 0.00673. The summed E-state index contributed by atoms with van der Waals surface area (Å²) in [5.41, 5.74) is 10.6. The third-order valence-corrected chi connectivity index (χ3v) is 11.1. The van der Waals surface area contributed by atoms with Gasteiger partial charge >= 0.3 is 0 Å². The van der Waals surface area contributed by atoms with Gasteiger partial charge in [0, 0.05) is 31.8 Å². The Labute approximate surface area is 345 Å². The fourth-order valence-corrected chi connectivity index (χ4v) is 7.42. The topological polar surface area (TPSA) is 42.0 Å². The summed E-state index contributed by atoms with van der Waals surface area (Å²) in [6.45, 7) is 45.8. The van der Waals surface area contributed by atoms with E-state index in [1.807, 2.05) is 27.7 Å². The molecule has 0 radical (unpaired) electrons. The van der Waals surface area contributed by atoms with Gasteiger partial charge in [0.1, 0.15) is 6.10 Å². The van der Waals surface area contributed by atoms with Crippen molar-refractivity contribution in [3.05, 3.63) is 100 Å². The summed E-state index contributed by atoms with van der Waals surface area (Å²) in [6, 6.07) is 13.1. The lowest BCUT2D eigenvalue weighted by molar-refractivity contribution is -0.132. The molecule has 4 rings (SSSR count). The van der Waals surface area contributed by atoms with Crippen LogP contribution in [0.4, 0.5) is 0 Å². The molecule has 1 fully saturated rings. The van der Waals surface area contributed by atoms with Gasteiger partial charge in [0.15, 0.2) is 11.5 Å². The number of ether oxygens (including phenoxy) is 2. The van der Waals surface area contributed by atoms with Crippen molar-refractivity contribution < 1.29 is 14.3 Å². The van der Waals surface area contributed by atoms with Crippen molar-refractivity contribution in [3.8, 4) is 11.5 Å². The Balaban J connectivity index is 0.00000210. The van der Waals surface area contributed by atoms with Crippen LogP contribution in [0.5, 0.6) is 11.5 Å². The highest BCUT2D eigenvalue weighted by atomic mass is 16.5. The van der Waals surface area contributed by atoms with Crippen LogP contribution < -0.4 is 9.47 Å². The first-order chi connectivity index (χ1) is 26.5. The number of hydrogen-bond donors (Lipinski definition) is 0. The zero-order valence-corrected chi connectivity index (χ0v) is 39.0. The molecule has 2 aromatic rings. The number of hydrogen-bond acceptors (Lipinski definition) is 4. The van der Waals surface area contributed by atoms with Crippen molar-refractivity contribution >= 4 is 11.5 Å². The van der Waals surface area contributed by atoms with Crippen LogP contribution in [0.3, 0.4) is 0 Å². The van der Waals surface area contributed by atoms with Crippen LogP contribution in [-0.4, -0.2) is 48.6 Å². The van der Waals surface area contributed by atoms with Gasteiger partial charge in [0.25, 0.3) is 0 Å². The van der Waals surface area contributed by atoms with E-state index < -0.39 is 0 Å². The second kappa shape index (κ2) is 24.3. The Morgan fingerprint density at radius 3 is 2.00 bits per heavy atom. The number of fused-ring (bicyclic) bond motifs is 1. The molecule has 314 valence electrons. The standard InChI is InChI=1S/C44H62N2O3.C3H8.2C2H6/c1-14-37(31(7)30(6)28(2)3)34-18-19-40(41(26-34)48-13)49-36-20-23-45(24-21-36)27-35-16-15-17-39-38(35)22-25-46(42(39)29(4)5)43(47)32(8)33(9)44(10,11)12;1-3-2;2*1-2/h14-19,26,29,33,36,42H,2,8,20-25,27H2,1,3-7,9-13H3;3H2,1-2H3;2*1-2H3/b31-30-,37-14+;;;. The molecule has 5 nitrogen and oxygen atoms in total. The Hall–Kier alpha value is -3.57. The lowest BCUT2D eigenvalue weighted by Gasteiger charge is -2.42. The van der Waals surface area contributed by atoms with Gasteiger partial charge in [-0.2, -0.15) is 0 Å². The summed E-state index contributed by atoms with van der Waals surface area (Å²) in [7, 11) is 1.72. The fourth-order valence-electron chi connectivity index (χ4n) is 7.42. The number of piperidine rings is 1. The predicted octanol–water partition coefficient (Wildman–Crippen LogP) is 13.8. The molecule has 56 heavy (non-hydrogen) atoms. The van der Waals surface area contributed by atoms with Crippen LogP contribution in [0.25, 0.3) is 5.57 Å². The van der Waals surface area contributed by atoms with Crippen molar-refractivity contribution in [3.63, 3.8) is 0 Å². The van der Waals surface area contributed by atoms with Gasteiger partial charge in [-0.25, -0.2) is 0 Å². The SMILES string of the molecule is C=C(C)/C(C)=C(C)\C(=C/C)c1ccc(OC2CCN(Cc3cccc4c3CCN(C(=O)C(=C)C(C)C(C)(C)C)C4C(C)C)CC2)c(OC)c1.CC.CC.CCC. The Kier molecular flexibility index (Phi) is 21.9. The van der Waals surface area contributed by atoms with E-state index >= 15 is 0 Å². The Morgan fingerprint density at radius 1 is 0.911 bits per heavy atom. The number of rotatable bonds is 11. The third kappa shape index (κ3) is 13.3. The van der Waals surface area contributed by atoms with E-state index in [2.05, 4.69) is 149 Å². The summed E-state index contributed by atoms with van der Waals surface area (Å²) in [5.74, 6) is 2.09. The minimum atomic E-state index is -0.00673. The normalized spacial score (nSPS) is 17.1. The number of amides is 1. The van der Waals surface area contributed by atoms with E-state index in [1.54, 1.807) is 7.11 Å². The first-order valence-corrected chi connectivity index (χ1v) is 21.7. The second-order valence-electron chi connectivity index (χ2n) is 16.4. The summed E-state index contributed by atoms with van der Waals surface area (Å²) < 4.78 is 12.4. The zero-order chi connectivity index (χ0) is 42.9. The first kappa shape index (κ1) is 50.4. The highest BCUT2D eigenvalue weighted by Crippen LogP contribution is 2.40. The Morgan fingerprint density at radius 2 is 1.50 bits per heavy atom. The molecule has 2 heterocycles. The van der Waals surface area contributed by atoms with Gasteiger partial charge < -0.3 is 14.4 Å². The van der Waals surface area contributed by atoms with Crippen LogP contribution in [-0.2, 0) is 17.8 Å². The lowest BCUT2D eigenvalue weighted by atomic mass is 9.76. The average Bonchev–Trinajstić information content (AvgIpc) is 3.19. The van der Waals surface area contributed by atoms with Crippen molar-refractivity contribution in [1.29, 1.82) is 0 Å². The fraction of sp³-hybridized carbons (Fsp3) is 0.588. The van der Waals surface area contributed by atoms with E-state index in [0.717, 1.165) is 73.7 Å². The molecule has 2 aliphatic rings. The number of methoxy groups -OCH3 is 1. The smallest absolute Gasteiger partial charge is 0.250 e. The van der Waals surface area contributed by atoms with Crippen molar-refractivity contribution in [1.82, 2.24) is 9.80 Å². The van der Waals surface area contributed by atoms with Gasteiger partial charge in [0.05, 0.1) is 13.2 Å². The molecule has 5 heteroatoms. The molecular weight excluding hydrogens is 689 g/mol. The number of likely N-dealkylation sites (tertiary alicyclic amines) is 1. The van der Waals surface area contributed by atoms with E-state index in [0.29, 0.717) is 5.92 Å². The molecule has 2 unspecified atom stereocenters. The molecule has 2 atom stereocenters. The van der Waals surface area contributed by atoms with Crippen molar-refractivity contribution in [2.45, 2.75) is 155 Å². The molecule has 2 aromatic carbocycles. The van der Waals surface area contributed by atoms with Crippen LogP contribution in [0, 0.1) is 17.3 Å². The summed E-state index contributed by atoms with van der Waals surface area (Å²) in [4.78, 5) is 18.5. The monoisotopic (exact) mass is 771 g/mol. The summed E-state index contributed by atoms with van der Waals surface area (Å²) in [5, 5.41) is 0. The van der Waals surface area contributed by atoms with Gasteiger partial charge in [-0.15, -0.1) is 0 Å². The Bertz CT molecular complexity index is 1610. The third-order valence-electron chi connectivity index (χ3n) is 11.1. The maximum absolute atomic E-state index is 13.8. The van der Waals surface area contributed by atoms with Crippen LogP contribution in [0.2, 0.25) is 0 Å². The molecule has 1 amide bonds. The number of nitrogens with zero attached hydrogens (tertiary/aromatic N) is 2. The van der Waals surface area contributed by atoms with Gasteiger partial charge in [-0.1, -0.05) is 139 Å². The molecular formula is C51H82N2O3. The van der Waals surface area contributed by atoms with E-state index in [-0.39, 0.29) is 29.4 Å². The van der Waals surface area contributed by atoms with E-state index in [9.17, 15) is 4.79 Å². The van der Waals surface area contributed by atoms with E-state index in [1.165, 1.54) is 39.8 Å². The molecule has 0 saturated carbocycles. The molecule has 0 N–H and O–H groups in total. The number of benzene rings is 2. The highest BCUT2D eigenvalue weighted by molar-refractivity contribution is 5.94. The van der Waals surface area contributed by atoms with Crippen molar-refractivity contribution in [2.75, 3.05) is 26.7 Å². The van der Waals surface area contributed by atoms with Gasteiger partial charge in [-0.3, -0.25) is 9.69 Å². The van der Waals surface area contributed by atoms with Gasteiger partial charge in [0.2, 0.25) is 5.91 Å². The average molecular weight is 771 g/mol. The predicted molar refractivity (Wildman–Crippen MR) is 245 cm³/mol. The maximum atomic E-state index is 13.8.